The molecule has 0 unspecified atom stereocenters. The normalized spacial score (nSPS) is 10.4. The number of halogens is 3. The molecule has 0 atom stereocenters. The molecule has 0 aliphatic rings. The van der Waals surface area contributed by atoms with Gasteiger partial charge in [-0.2, -0.15) is 0 Å². The van der Waals surface area contributed by atoms with Crippen molar-refractivity contribution in [3.8, 4) is 5.75 Å². The third-order valence-corrected chi connectivity index (χ3v) is 2.73. The smallest absolute Gasteiger partial charge is 0.152 e. The van der Waals surface area contributed by atoms with E-state index in [0.29, 0.717) is 24.5 Å². The van der Waals surface area contributed by atoms with Crippen LogP contribution in [0.15, 0.2) is 36.4 Å². The standard InChI is InChI=1S/C15H14F3NO/c1-2-20-14-6-4-3-5-10(14)9-19-15-12(17)7-11(16)8-13(15)18/h3-8,19H,2,9H2,1H3. The van der Waals surface area contributed by atoms with Crippen molar-refractivity contribution in [1.29, 1.82) is 0 Å². The average molecular weight is 281 g/mol. The van der Waals surface area contributed by atoms with E-state index in [0.717, 1.165) is 5.56 Å². The summed E-state index contributed by atoms with van der Waals surface area (Å²) in [4.78, 5) is 0. The Bertz CT molecular complexity index is 578. The highest BCUT2D eigenvalue weighted by atomic mass is 19.1. The Labute approximate surface area is 115 Å². The highest BCUT2D eigenvalue weighted by molar-refractivity contribution is 5.48. The van der Waals surface area contributed by atoms with E-state index >= 15 is 0 Å². The van der Waals surface area contributed by atoms with Gasteiger partial charge in [0.25, 0.3) is 0 Å². The highest BCUT2D eigenvalue weighted by Crippen LogP contribution is 2.23. The van der Waals surface area contributed by atoms with Crippen LogP contribution < -0.4 is 10.1 Å². The van der Waals surface area contributed by atoms with E-state index in [1.165, 1.54) is 0 Å². The Morgan fingerprint density at radius 1 is 1.05 bits per heavy atom. The van der Waals surface area contributed by atoms with Crippen LogP contribution in [0.4, 0.5) is 18.9 Å². The average Bonchev–Trinajstić information content (AvgIpc) is 2.39. The van der Waals surface area contributed by atoms with E-state index < -0.39 is 17.5 Å². The van der Waals surface area contributed by atoms with Crippen molar-refractivity contribution in [3.63, 3.8) is 0 Å². The van der Waals surface area contributed by atoms with E-state index in [1.807, 2.05) is 13.0 Å². The first-order chi connectivity index (χ1) is 9.61. The lowest BCUT2D eigenvalue weighted by atomic mass is 10.2. The van der Waals surface area contributed by atoms with Crippen LogP contribution in [0.5, 0.6) is 5.75 Å². The number of hydrogen-bond acceptors (Lipinski definition) is 2. The van der Waals surface area contributed by atoms with Crippen LogP contribution in [0.1, 0.15) is 12.5 Å². The second-order valence-corrected chi connectivity index (χ2v) is 4.14. The van der Waals surface area contributed by atoms with Gasteiger partial charge in [-0.3, -0.25) is 0 Å². The molecule has 0 aliphatic carbocycles. The molecule has 2 aromatic carbocycles. The number of nitrogens with one attached hydrogen (secondary N) is 1. The van der Waals surface area contributed by atoms with Crippen molar-refractivity contribution >= 4 is 5.69 Å². The van der Waals surface area contributed by atoms with Gasteiger partial charge in [0, 0.05) is 24.2 Å². The molecule has 0 aliphatic heterocycles. The maximum atomic E-state index is 13.5. The molecule has 2 nitrogen and oxygen atoms in total. The van der Waals surface area contributed by atoms with E-state index in [1.54, 1.807) is 18.2 Å². The van der Waals surface area contributed by atoms with Crippen molar-refractivity contribution in [3.05, 3.63) is 59.4 Å². The summed E-state index contributed by atoms with van der Waals surface area (Å²) in [6.07, 6.45) is 0. The van der Waals surface area contributed by atoms with E-state index in [9.17, 15) is 13.2 Å². The van der Waals surface area contributed by atoms with Gasteiger partial charge in [0.15, 0.2) is 11.6 Å². The summed E-state index contributed by atoms with van der Waals surface area (Å²) in [5.74, 6) is -2.22. The fraction of sp³-hybridized carbons (Fsp3) is 0.200. The van der Waals surface area contributed by atoms with E-state index in [4.69, 9.17) is 4.74 Å². The van der Waals surface area contributed by atoms with Crippen molar-refractivity contribution in [2.45, 2.75) is 13.5 Å². The molecule has 0 saturated carbocycles. The van der Waals surface area contributed by atoms with Crippen LogP contribution in [0, 0.1) is 17.5 Å². The van der Waals surface area contributed by atoms with Crippen LogP contribution in [0.3, 0.4) is 0 Å². The zero-order chi connectivity index (χ0) is 14.5. The molecule has 2 aromatic rings. The van der Waals surface area contributed by atoms with Crippen LogP contribution in [-0.2, 0) is 6.54 Å². The van der Waals surface area contributed by atoms with Gasteiger partial charge >= 0.3 is 0 Å². The molecule has 2 rings (SSSR count). The predicted molar refractivity (Wildman–Crippen MR) is 71.3 cm³/mol. The number of rotatable bonds is 5. The van der Waals surface area contributed by atoms with Crippen molar-refractivity contribution in [2.75, 3.05) is 11.9 Å². The van der Waals surface area contributed by atoms with Gasteiger partial charge in [0.2, 0.25) is 0 Å². The Kier molecular flexibility index (Phi) is 4.50. The second kappa shape index (κ2) is 6.32. The third-order valence-electron chi connectivity index (χ3n) is 2.73. The quantitative estimate of drug-likeness (QED) is 0.890. The topological polar surface area (TPSA) is 21.3 Å². The summed E-state index contributed by atoms with van der Waals surface area (Å²) >= 11 is 0. The molecule has 5 heteroatoms. The molecule has 20 heavy (non-hydrogen) atoms. The summed E-state index contributed by atoms with van der Waals surface area (Å²) in [6, 6.07) is 8.46. The maximum Gasteiger partial charge on any atom is 0.152 e. The molecular formula is C15H14F3NO. The number of hydrogen-bond donors (Lipinski definition) is 1. The zero-order valence-electron chi connectivity index (χ0n) is 10.9. The monoisotopic (exact) mass is 281 g/mol. The molecule has 0 fully saturated rings. The lowest BCUT2D eigenvalue weighted by Gasteiger charge is -2.12. The van der Waals surface area contributed by atoms with Crippen LogP contribution >= 0.6 is 0 Å². The Morgan fingerprint density at radius 2 is 1.70 bits per heavy atom. The largest absolute Gasteiger partial charge is 0.494 e. The van der Waals surface area contributed by atoms with Gasteiger partial charge in [0.05, 0.1) is 6.61 Å². The Morgan fingerprint density at radius 3 is 2.35 bits per heavy atom. The molecule has 0 radical (unpaired) electrons. The van der Waals surface area contributed by atoms with Crippen LogP contribution in [-0.4, -0.2) is 6.61 Å². The first-order valence-electron chi connectivity index (χ1n) is 6.21. The number of benzene rings is 2. The minimum Gasteiger partial charge on any atom is -0.494 e. The predicted octanol–water partition coefficient (Wildman–Crippen LogP) is 4.11. The molecule has 0 aromatic heterocycles. The molecule has 0 spiro atoms. The molecular weight excluding hydrogens is 267 g/mol. The first kappa shape index (κ1) is 14.2. The number of ether oxygens (including phenoxy) is 1. The Hall–Kier alpha value is -2.17. The van der Waals surface area contributed by atoms with Gasteiger partial charge in [-0.25, -0.2) is 13.2 Å². The molecule has 0 amide bonds. The lowest BCUT2D eigenvalue weighted by molar-refractivity contribution is 0.337. The summed E-state index contributed by atoms with van der Waals surface area (Å²) in [6.45, 7) is 2.52. The SMILES string of the molecule is CCOc1ccccc1CNc1c(F)cc(F)cc1F. The van der Waals surface area contributed by atoms with Crippen LogP contribution in [0.2, 0.25) is 0 Å². The molecule has 0 saturated heterocycles. The molecule has 0 heterocycles. The van der Waals surface area contributed by atoms with Gasteiger partial charge in [-0.15, -0.1) is 0 Å². The van der Waals surface area contributed by atoms with Crippen molar-refractivity contribution in [1.82, 2.24) is 0 Å². The first-order valence-corrected chi connectivity index (χ1v) is 6.21. The molecule has 0 bridgehead atoms. The van der Waals surface area contributed by atoms with Gasteiger partial charge < -0.3 is 10.1 Å². The molecule has 106 valence electrons. The highest BCUT2D eigenvalue weighted by Gasteiger charge is 2.12. The summed E-state index contributed by atoms with van der Waals surface area (Å²) in [5.41, 5.74) is 0.412. The fourth-order valence-corrected chi connectivity index (χ4v) is 1.84. The summed E-state index contributed by atoms with van der Waals surface area (Å²) in [5, 5.41) is 2.63. The van der Waals surface area contributed by atoms with Crippen LogP contribution in [0.25, 0.3) is 0 Å². The maximum absolute atomic E-state index is 13.5. The van der Waals surface area contributed by atoms with Crippen molar-refractivity contribution < 1.29 is 17.9 Å². The minimum absolute atomic E-state index is 0.176. The third kappa shape index (κ3) is 3.23. The van der Waals surface area contributed by atoms with Crippen molar-refractivity contribution in [2.24, 2.45) is 0 Å². The lowest BCUT2D eigenvalue weighted by Crippen LogP contribution is -2.06. The molecule has 1 N–H and O–H groups in total. The summed E-state index contributed by atoms with van der Waals surface area (Å²) < 4.78 is 45.2. The Balaban J connectivity index is 2.17. The van der Waals surface area contributed by atoms with Gasteiger partial charge in [-0.1, -0.05) is 18.2 Å². The number of anilines is 1. The fourth-order valence-electron chi connectivity index (χ4n) is 1.84. The van der Waals surface area contributed by atoms with E-state index in [2.05, 4.69) is 5.32 Å². The van der Waals surface area contributed by atoms with E-state index in [-0.39, 0.29) is 12.2 Å². The zero-order valence-corrected chi connectivity index (χ0v) is 10.9. The summed E-state index contributed by atoms with van der Waals surface area (Å²) in [7, 11) is 0. The van der Waals surface area contributed by atoms with Gasteiger partial charge in [0.1, 0.15) is 17.3 Å². The second-order valence-electron chi connectivity index (χ2n) is 4.14. The van der Waals surface area contributed by atoms with Gasteiger partial charge in [-0.05, 0) is 13.0 Å². The minimum atomic E-state index is -0.962. The number of para-hydroxylation sites is 1.